The van der Waals surface area contributed by atoms with Crippen molar-refractivity contribution in [1.82, 2.24) is 35.1 Å². The van der Waals surface area contributed by atoms with Gasteiger partial charge in [-0.1, -0.05) is 25.1 Å². The molecule has 1 saturated heterocycles. The van der Waals surface area contributed by atoms with Crippen LogP contribution >= 0.6 is 11.8 Å². The Morgan fingerprint density at radius 1 is 1.11 bits per heavy atom. The number of amides is 2. The van der Waals surface area contributed by atoms with Crippen molar-refractivity contribution in [2.45, 2.75) is 51.7 Å². The minimum absolute atomic E-state index is 0.128. The number of pyridine rings is 1. The van der Waals surface area contributed by atoms with E-state index >= 15 is 0 Å². The fraction of sp³-hybridized carbons (Fsp3) is 0.441. The first kappa shape index (κ1) is 33.8. The van der Waals surface area contributed by atoms with Crippen molar-refractivity contribution in [2.24, 2.45) is 5.92 Å². The van der Waals surface area contributed by atoms with E-state index in [9.17, 15) is 9.59 Å². The van der Waals surface area contributed by atoms with Crippen molar-refractivity contribution in [3.8, 4) is 17.3 Å². The molecule has 4 aromatic rings. The Morgan fingerprint density at radius 2 is 1.89 bits per heavy atom. The molecule has 0 bridgehead atoms. The number of fused-ring (bicyclic) bond motifs is 1. The number of nitrogens with zero attached hydrogens (tertiary/aromatic N) is 6. The molecule has 1 aromatic carbocycles. The van der Waals surface area contributed by atoms with Crippen LogP contribution in [0.25, 0.3) is 22.2 Å². The number of para-hydroxylation sites is 1. The Kier molecular flexibility index (Phi) is 10.7. The minimum atomic E-state index is -0.546. The van der Waals surface area contributed by atoms with Gasteiger partial charge in [0.05, 0.1) is 23.3 Å². The number of carbonyl (C=O) groups is 2. The number of nitrogens with one attached hydrogen (secondary N) is 2. The monoisotopic (exact) mass is 658 g/mol. The van der Waals surface area contributed by atoms with Crippen LogP contribution in [0.3, 0.4) is 0 Å². The first-order valence-electron chi connectivity index (χ1n) is 15.7. The average molecular weight is 659 g/mol. The van der Waals surface area contributed by atoms with Crippen molar-refractivity contribution < 1.29 is 19.1 Å². The molecule has 3 atom stereocenters. The highest BCUT2D eigenvalue weighted by Crippen LogP contribution is 2.33. The lowest BCUT2D eigenvalue weighted by atomic mass is 9.86. The number of hydrogen-bond donors (Lipinski definition) is 2. The predicted octanol–water partition coefficient (Wildman–Crippen LogP) is 5.42. The second-order valence-electron chi connectivity index (χ2n) is 12.6. The van der Waals surface area contributed by atoms with E-state index in [-0.39, 0.29) is 36.0 Å². The van der Waals surface area contributed by atoms with Crippen molar-refractivity contribution >= 4 is 40.5 Å². The van der Waals surface area contributed by atoms with Gasteiger partial charge < -0.3 is 25.0 Å². The number of ether oxygens (including phenoxy) is 2. The van der Waals surface area contributed by atoms with Crippen molar-refractivity contribution in [3.05, 3.63) is 66.4 Å². The molecule has 1 fully saturated rings. The number of hydrogen-bond acceptors (Lipinski definition) is 11. The number of likely N-dealkylation sites (tertiary alicyclic amines) is 1. The summed E-state index contributed by atoms with van der Waals surface area (Å²) in [7, 11) is 1.64. The Bertz CT molecular complexity index is 1700. The molecule has 47 heavy (non-hydrogen) atoms. The molecular weight excluding hydrogens is 616 g/mol. The highest BCUT2D eigenvalue weighted by Gasteiger charge is 2.31. The third kappa shape index (κ3) is 8.45. The van der Waals surface area contributed by atoms with Gasteiger partial charge in [-0.2, -0.15) is 11.8 Å². The van der Waals surface area contributed by atoms with Gasteiger partial charge in [0, 0.05) is 62.2 Å². The van der Waals surface area contributed by atoms with Gasteiger partial charge in [-0.25, -0.2) is 24.7 Å². The molecule has 2 amide bonds. The van der Waals surface area contributed by atoms with E-state index in [0.717, 1.165) is 27.8 Å². The predicted molar refractivity (Wildman–Crippen MR) is 184 cm³/mol. The number of carbonyl (C=O) groups excluding carboxylic acids is 2. The quantitative estimate of drug-likeness (QED) is 0.213. The van der Waals surface area contributed by atoms with Gasteiger partial charge >= 0.3 is 12.1 Å². The van der Waals surface area contributed by atoms with Crippen LogP contribution in [0.5, 0.6) is 6.01 Å². The maximum absolute atomic E-state index is 12.5. The summed E-state index contributed by atoms with van der Waals surface area (Å²) in [5, 5.41) is 7.08. The lowest BCUT2D eigenvalue weighted by Gasteiger charge is -2.25. The van der Waals surface area contributed by atoms with Crippen molar-refractivity contribution in [2.75, 3.05) is 44.0 Å². The molecule has 0 radical (unpaired) electrons. The van der Waals surface area contributed by atoms with Gasteiger partial charge in [-0.05, 0) is 56.2 Å². The fourth-order valence-corrected chi connectivity index (χ4v) is 6.40. The van der Waals surface area contributed by atoms with Crippen LogP contribution in [-0.2, 0) is 4.74 Å². The van der Waals surface area contributed by atoms with E-state index < -0.39 is 5.60 Å². The summed E-state index contributed by atoms with van der Waals surface area (Å²) in [4.78, 5) is 48.9. The van der Waals surface area contributed by atoms with Gasteiger partial charge in [-0.3, -0.25) is 9.78 Å². The summed E-state index contributed by atoms with van der Waals surface area (Å²) >= 11 is 1.79. The van der Waals surface area contributed by atoms with Crippen LogP contribution in [0.2, 0.25) is 0 Å². The maximum atomic E-state index is 12.5. The number of benzene rings is 1. The highest BCUT2D eigenvalue weighted by atomic mass is 32.2. The first-order valence-corrected chi connectivity index (χ1v) is 17.1. The van der Waals surface area contributed by atoms with Crippen LogP contribution in [0.4, 0.5) is 10.6 Å². The number of rotatable bonds is 11. The van der Waals surface area contributed by atoms with E-state index in [4.69, 9.17) is 9.47 Å². The van der Waals surface area contributed by atoms with Gasteiger partial charge in [0.25, 0.3) is 5.91 Å². The molecule has 0 spiro atoms. The molecule has 1 aliphatic heterocycles. The zero-order valence-electron chi connectivity index (χ0n) is 27.7. The molecule has 5 rings (SSSR count). The number of thioether (sulfide) groups is 1. The van der Waals surface area contributed by atoms with Crippen molar-refractivity contribution in [1.29, 1.82) is 0 Å². The third-order valence-electron chi connectivity index (χ3n) is 8.06. The zero-order valence-corrected chi connectivity index (χ0v) is 28.5. The molecule has 3 unspecified atom stereocenters. The SMILES string of the molecule is CNC(=O)c1ccnc2c(C(C)C(CNc3cc(-c4cnc(OC5CCN(C(=O)OC(C)(C)C)C5)nc4)ncn3)CSC)cccc12. The molecule has 13 heteroatoms. The summed E-state index contributed by atoms with van der Waals surface area (Å²) in [6, 6.07) is 9.92. The highest BCUT2D eigenvalue weighted by molar-refractivity contribution is 7.98. The summed E-state index contributed by atoms with van der Waals surface area (Å²) < 4.78 is 11.4. The van der Waals surface area contributed by atoms with Crippen molar-refractivity contribution in [3.63, 3.8) is 0 Å². The van der Waals surface area contributed by atoms with Gasteiger partial charge in [0.2, 0.25) is 0 Å². The van der Waals surface area contributed by atoms with Crippen LogP contribution in [0.15, 0.2) is 55.2 Å². The summed E-state index contributed by atoms with van der Waals surface area (Å²) in [5.74, 6) is 1.89. The van der Waals surface area contributed by atoms with E-state index in [0.29, 0.717) is 43.1 Å². The third-order valence-corrected chi connectivity index (χ3v) is 8.82. The van der Waals surface area contributed by atoms with Crippen LogP contribution in [0, 0.1) is 5.92 Å². The fourth-order valence-electron chi connectivity index (χ4n) is 5.57. The second-order valence-corrected chi connectivity index (χ2v) is 13.5. The Labute approximate surface area is 279 Å². The summed E-state index contributed by atoms with van der Waals surface area (Å²) in [5.41, 5.74) is 3.43. The van der Waals surface area contributed by atoms with E-state index in [1.54, 1.807) is 48.4 Å². The molecule has 12 nitrogen and oxygen atoms in total. The number of aromatic nitrogens is 5. The molecule has 4 heterocycles. The molecule has 2 N–H and O–H groups in total. The molecule has 0 saturated carbocycles. The van der Waals surface area contributed by atoms with Gasteiger partial charge in [-0.15, -0.1) is 0 Å². The normalized spacial score (nSPS) is 16.0. The summed E-state index contributed by atoms with van der Waals surface area (Å²) in [6.07, 6.45) is 8.80. The lowest BCUT2D eigenvalue weighted by Crippen LogP contribution is -2.36. The van der Waals surface area contributed by atoms with Crippen LogP contribution in [0.1, 0.15) is 56.0 Å². The second kappa shape index (κ2) is 14.9. The van der Waals surface area contributed by atoms with Gasteiger partial charge in [0.15, 0.2) is 0 Å². The number of anilines is 1. The molecular formula is C34H42N8O4S. The molecule has 0 aliphatic carbocycles. The van der Waals surface area contributed by atoms with Gasteiger partial charge in [0.1, 0.15) is 23.9 Å². The topological polar surface area (TPSA) is 144 Å². The standard InChI is InChI=1S/C34H42N8O4S/c1-21(25-8-7-9-26-27(31(43)35-5)10-12-36-30(25)26)23(19-47-6)17-37-29-14-28(40-20-41-29)22-15-38-32(39-16-22)45-24-11-13-42(18-24)33(44)46-34(2,3)4/h7-10,12,14-16,20-21,23-24H,11,13,17-19H2,1-6H3,(H,35,43)(H,37,40,41). The Morgan fingerprint density at radius 3 is 2.62 bits per heavy atom. The minimum Gasteiger partial charge on any atom is -0.458 e. The largest absolute Gasteiger partial charge is 0.458 e. The Hall–Kier alpha value is -4.52. The summed E-state index contributed by atoms with van der Waals surface area (Å²) in [6.45, 7) is 9.41. The zero-order chi connectivity index (χ0) is 33.6. The molecule has 248 valence electrons. The van der Waals surface area contributed by atoms with E-state index in [1.165, 1.54) is 6.33 Å². The first-order chi connectivity index (χ1) is 22.6. The maximum Gasteiger partial charge on any atom is 0.410 e. The lowest BCUT2D eigenvalue weighted by molar-refractivity contribution is 0.0274. The van der Waals surface area contributed by atoms with Crippen LogP contribution in [-0.4, -0.2) is 92.2 Å². The molecule has 3 aromatic heterocycles. The Balaban J connectivity index is 1.22. The van der Waals surface area contributed by atoms with E-state index in [2.05, 4.69) is 54.8 Å². The van der Waals surface area contributed by atoms with Crippen LogP contribution < -0.4 is 15.4 Å². The molecule has 1 aliphatic rings. The smallest absolute Gasteiger partial charge is 0.410 e. The van der Waals surface area contributed by atoms with E-state index in [1.807, 2.05) is 39.0 Å². The average Bonchev–Trinajstić information content (AvgIpc) is 3.54.